The zero-order valence-corrected chi connectivity index (χ0v) is 18.2. The number of rotatable bonds is 5. The van der Waals surface area contributed by atoms with Crippen molar-refractivity contribution in [3.05, 3.63) is 30.1 Å². The number of hydrogen-bond donors (Lipinski definition) is 1. The van der Waals surface area contributed by atoms with Gasteiger partial charge >= 0.3 is 0 Å². The summed E-state index contributed by atoms with van der Waals surface area (Å²) in [6, 6.07) is 3.50. The summed E-state index contributed by atoms with van der Waals surface area (Å²) in [6.07, 6.45) is 6.88. The number of likely N-dealkylation sites (tertiary alicyclic amines) is 2. The molecule has 2 bridgehead atoms. The van der Waals surface area contributed by atoms with Crippen LogP contribution in [0.5, 0.6) is 0 Å². The number of carbonyl (C=O) groups is 2. The van der Waals surface area contributed by atoms with Gasteiger partial charge in [-0.3, -0.25) is 14.6 Å². The Balaban J connectivity index is 1.32. The monoisotopic (exact) mass is 434 g/mol. The first kappa shape index (κ1) is 21.2. The maximum atomic E-state index is 12.9. The lowest BCUT2D eigenvalue weighted by Crippen LogP contribution is -2.48. The predicted octanol–water partition coefficient (Wildman–Crippen LogP) is 1.11. The molecule has 0 radical (unpaired) electrons. The highest BCUT2D eigenvalue weighted by Crippen LogP contribution is 2.44. The van der Waals surface area contributed by atoms with E-state index in [1.165, 1.54) is 7.05 Å². The van der Waals surface area contributed by atoms with Crippen LogP contribution in [0.3, 0.4) is 0 Å². The lowest BCUT2D eigenvalue weighted by atomic mass is 9.82. The molecule has 1 aromatic heterocycles. The summed E-state index contributed by atoms with van der Waals surface area (Å²) in [5.41, 5.74) is 0.665. The van der Waals surface area contributed by atoms with Crippen LogP contribution in [0.4, 0.5) is 0 Å². The van der Waals surface area contributed by atoms with Crippen molar-refractivity contribution in [2.24, 2.45) is 17.8 Å². The van der Waals surface area contributed by atoms with Crippen LogP contribution in [0.25, 0.3) is 0 Å². The van der Waals surface area contributed by atoms with Gasteiger partial charge in [-0.05, 0) is 62.6 Å². The van der Waals surface area contributed by atoms with Gasteiger partial charge < -0.3 is 9.80 Å². The summed E-state index contributed by atoms with van der Waals surface area (Å²) in [5, 5.41) is -0.412. The number of sulfonamides is 1. The number of aromatic nitrogens is 1. The van der Waals surface area contributed by atoms with E-state index < -0.39 is 15.3 Å². The Morgan fingerprint density at radius 2 is 1.63 bits per heavy atom. The zero-order chi connectivity index (χ0) is 21.3. The fourth-order valence-corrected chi connectivity index (χ4v) is 6.59. The molecule has 4 rings (SSSR count). The van der Waals surface area contributed by atoms with Crippen molar-refractivity contribution < 1.29 is 18.0 Å². The van der Waals surface area contributed by atoms with Crippen molar-refractivity contribution in [1.82, 2.24) is 19.5 Å². The van der Waals surface area contributed by atoms with Gasteiger partial charge in [-0.25, -0.2) is 13.1 Å². The minimum absolute atomic E-state index is 0.0480. The Labute approximate surface area is 178 Å². The number of pyridine rings is 1. The molecule has 0 spiro atoms. The summed E-state index contributed by atoms with van der Waals surface area (Å²) in [4.78, 5) is 33.5. The van der Waals surface area contributed by atoms with Crippen LogP contribution in [0.15, 0.2) is 24.5 Å². The minimum atomic E-state index is -3.27. The van der Waals surface area contributed by atoms with Crippen molar-refractivity contribution in [2.45, 2.75) is 37.4 Å². The minimum Gasteiger partial charge on any atom is -0.343 e. The average molecular weight is 435 g/mol. The van der Waals surface area contributed by atoms with Crippen LogP contribution in [0, 0.1) is 17.8 Å². The summed E-state index contributed by atoms with van der Waals surface area (Å²) in [5.74, 6) is 1.22. The molecule has 3 heterocycles. The number of piperidine rings is 2. The van der Waals surface area contributed by atoms with E-state index >= 15 is 0 Å². The van der Waals surface area contributed by atoms with E-state index in [9.17, 15) is 18.0 Å². The van der Waals surface area contributed by atoms with Gasteiger partial charge in [0.05, 0.1) is 5.25 Å². The number of hydrogen-bond acceptors (Lipinski definition) is 5. The van der Waals surface area contributed by atoms with Crippen molar-refractivity contribution in [3.63, 3.8) is 0 Å². The first-order valence-corrected chi connectivity index (χ1v) is 12.3. The number of fused-ring (bicyclic) bond motifs is 2. The quantitative estimate of drug-likeness (QED) is 0.748. The Bertz CT molecular complexity index is 870. The van der Waals surface area contributed by atoms with Crippen LogP contribution < -0.4 is 4.72 Å². The summed E-state index contributed by atoms with van der Waals surface area (Å²) in [7, 11) is -1.83. The highest BCUT2D eigenvalue weighted by atomic mass is 32.2. The van der Waals surface area contributed by atoms with E-state index in [2.05, 4.69) is 9.71 Å². The molecule has 3 aliphatic rings. The molecule has 1 aromatic rings. The predicted molar refractivity (Wildman–Crippen MR) is 112 cm³/mol. The topological polar surface area (TPSA) is 99.7 Å². The largest absolute Gasteiger partial charge is 0.343 e. The molecule has 164 valence electrons. The second-order valence-electron chi connectivity index (χ2n) is 8.74. The molecule has 9 heteroatoms. The van der Waals surface area contributed by atoms with Crippen molar-refractivity contribution in [1.29, 1.82) is 0 Å². The lowest BCUT2D eigenvalue weighted by Gasteiger charge is -2.39. The van der Waals surface area contributed by atoms with Gasteiger partial charge in [-0.2, -0.15) is 0 Å². The third kappa shape index (κ3) is 4.23. The van der Waals surface area contributed by atoms with Gasteiger partial charge in [-0.1, -0.05) is 0 Å². The molecule has 1 saturated carbocycles. The molecule has 2 atom stereocenters. The fourth-order valence-electron chi connectivity index (χ4n) is 5.42. The second kappa shape index (κ2) is 8.63. The maximum Gasteiger partial charge on any atom is 0.253 e. The lowest BCUT2D eigenvalue weighted by molar-refractivity contribution is -0.134. The molecule has 30 heavy (non-hydrogen) atoms. The van der Waals surface area contributed by atoms with Crippen molar-refractivity contribution in [3.8, 4) is 0 Å². The zero-order valence-electron chi connectivity index (χ0n) is 17.4. The van der Waals surface area contributed by atoms with Gasteiger partial charge in [0, 0.05) is 50.6 Å². The Morgan fingerprint density at radius 1 is 1.03 bits per heavy atom. The molecule has 2 unspecified atom stereocenters. The first-order valence-electron chi connectivity index (χ1n) is 10.8. The summed E-state index contributed by atoms with van der Waals surface area (Å²) >= 11 is 0. The molecule has 3 fully saturated rings. The Hall–Kier alpha value is -2.00. The highest BCUT2D eigenvalue weighted by Gasteiger charge is 2.44. The number of carbonyl (C=O) groups excluding carboxylic acids is 2. The Morgan fingerprint density at radius 3 is 2.20 bits per heavy atom. The molecule has 2 saturated heterocycles. The van der Waals surface area contributed by atoms with Crippen LogP contribution in [0.2, 0.25) is 0 Å². The SMILES string of the molecule is CNS(=O)(=O)C1CCN(C(=O)CC2C3CCC2CN(C(=O)c2ccncc2)C3)CC1. The smallest absolute Gasteiger partial charge is 0.253 e. The van der Waals surface area contributed by atoms with E-state index in [0.717, 1.165) is 12.8 Å². The maximum absolute atomic E-state index is 12.9. The Kier molecular flexibility index (Phi) is 6.11. The molecular formula is C21H30N4O4S. The molecular weight excluding hydrogens is 404 g/mol. The molecule has 1 N–H and O–H groups in total. The van der Waals surface area contributed by atoms with Crippen LogP contribution in [0.1, 0.15) is 42.5 Å². The fraction of sp³-hybridized carbons (Fsp3) is 0.667. The highest BCUT2D eigenvalue weighted by molar-refractivity contribution is 7.90. The molecule has 2 aliphatic heterocycles. The van der Waals surface area contributed by atoms with Crippen molar-refractivity contribution >= 4 is 21.8 Å². The van der Waals surface area contributed by atoms with E-state index in [4.69, 9.17) is 0 Å². The van der Waals surface area contributed by atoms with Crippen LogP contribution in [-0.2, 0) is 14.8 Å². The van der Waals surface area contributed by atoms with Crippen LogP contribution in [-0.4, -0.2) is 73.5 Å². The number of nitrogens with one attached hydrogen (secondary N) is 1. The van der Waals surface area contributed by atoms with Gasteiger partial charge in [0.25, 0.3) is 5.91 Å². The molecule has 1 aliphatic carbocycles. The molecule has 8 nitrogen and oxygen atoms in total. The number of nitrogens with zero attached hydrogens (tertiary/aromatic N) is 3. The third-order valence-electron chi connectivity index (χ3n) is 7.17. The van der Waals surface area contributed by atoms with Gasteiger partial charge in [-0.15, -0.1) is 0 Å². The molecule has 2 amide bonds. The van der Waals surface area contributed by atoms with E-state index in [1.807, 2.05) is 9.80 Å². The van der Waals surface area contributed by atoms with Gasteiger partial charge in [0.2, 0.25) is 15.9 Å². The first-order chi connectivity index (χ1) is 14.4. The van der Waals surface area contributed by atoms with Gasteiger partial charge in [0.15, 0.2) is 0 Å². The summed E-state index contributed by atoms with van der Waals surface area (Å²) in [6.45, 7) is 2.41. The average Bonchev–Trinajstić information content (AvgIpc) is 3.00. The second-order valence-corrected chi connectivity index (χ2v) is 10.9. The van der Waals surface area contributed by atoms with E-state index in [0.29, 0.717) is 68.8 Å². The normalized spacial score (nSPS) is 27.3. The van der Waals surface area contributed by atoms with Crippen LogP contribution >= 0.6 is 0 Å². The number of amides is 2. The van der Waals surface area contributed by atoms with E-state index in [-0.39, 0.29) is 11.8 Å². The summed E-state index contributed by atoms with van der Waals surface area (Å²) < 4.78 is 26.4. The third-order valence-corrected chi connectivity index (χ3v) is 9.09. The van der Waals surface area contributed by atoms with E-state index in [1.54, 1.807) is 24.5 Å². The van der Waals surface area contributed by atoms with Crippen molar-refractivity contribution in [2.75, 3.05) is 33.2 Å². The van der Waals surface area contributed by atoms with Gasteiger partial charge in [0.1, 0.15) is 0 Å². The standard InChI is InChI=1S/C21H30N4O4S/c1-22-30(28,29)18-6-10-24(11-7-18)20(26)12-19-16-2-3-17(19)14-25(13-16)21(27)15-4-8-23-9-5-15/h4-5,8-9,16-19,22H,2-3,6-7,10-14H2,1H3. The molecule has 0 aromatic carbocycles.